The molecule has 0 aliphatic carbocycles. The molecule has 0 atom stereocenters. The van der Waals surface area contributed by atoms with E-state index in [4.69, 9.17) is 16.3 Å². The first-order valence-corrected chi connectivity index (χ1v) is 11.2. The van der Waals surface area contributed by atoms with Gasteiger partial charge in [-0.2, -0.15) is 4.98 Å². The molecular weight excluding hydrogens is 456 g/mol. The molecule has 2 aromatic heterocycles. The van der Waals surface area contributed by atoms with Crippen LogP contribution in [0, 0.1) is 6.92 Å². The normalized spacial score (nSPS) is 13.9. The number of morpholine rings is 1. The molecule has 0 bridgehead atoms. The van der Waals surface area contributed by atoms with Crippen molar-refractivity contribution in [3.05, 3.63) is 63.5 Å². The third kappa shape index (κ3) is 4.04. The number of benzene rings is 2. The first kappa shape index (κ1) is 22.1. The Kier molecular flexibility index (Phi) is 5.80. The van der Waals surface area contributed by atoms with Crippen molar-refractivity contribution < 1.29 is 9.84 Å². The van der Waals surface area contributed by atoms with Gasteiger partial charge in [0.1, 0.15) is 17.0 Å². The molecular formula is C24H23ClN6O3. The summed E-state index contributed by atoms with van der Waals surface area (Å²) < 4.78 is 6.82. The predicted molar refractivity (Wildman–Crippen MR) is 132 cm³/mol. The first-order chi connectivity index (χ1) is 16.4. The average Bonchev–Trinajstić information content (AvgIpc) is 2.86. The van der Waals surface area contributed by atoms with Crippen molar-refractivity contribution >= 4 is 40.1 Å². The highest BCUT2D eigenvalue weighted by Crippen LogP contribution is 2.35. The zero-order valence-corrected chi connectivity index (χ0v) is 19.5. The number of rotatable bonds is 4. The van der Waals surface area contributed by atoms with Gasteiger partial charge in [0.05, 0.1) is 24.4 Å². The van der Waals surface area contributed by atoms with Crippen molar-refractivity contribution in [1.82, 2.24) is 19.5 Å². The highest BCUT2D eigenvalue weighted by Gasteiger charge is 2.19. The van der Waals surface area contributed by atoms with Crippen LogP contribution in [-0.2, 0) is 11.8 Å². The largest absolute Gasteiger partial charge is 0.506 e. The molecule has 0 amide bonds. The van der Waals surface area contributed by atoms with E-state index >= 15 is 0 Å². The number of aromatic hydroxyl groups is 1. The summed E-state index contributed by atoms with van der Waals surface area (Å²) in [5.74, 6) is 0.240. The summed E-state index contributed by atoms with van der Waals surface area (Å²) in [5, 5.41) is 13.3. The van der Waals surface area contributed by atoms with Crippen molar-refractivity contribution in [2.24, 2.45) is 7.05 Å². The highest BCUT2D eigenvalue weighted by molar-refractivity contribution is 6.34. The number of aryl methyl sites for hydroxylation is 2. The van der Waals surface area contributed by atoms with E-state index < -0.39 is 0 Å². The highest BCUT2D eigenvalue weighted by atomic mass is 35.5. The van der Waals surface area contributed by atoms with Crippen LogP contribution in [-0.4, -0.2) is 50.9 Å². The maximum absolute atomic E-state index is 13.1. The second kappa shape index (κ2) is 8.92. The SMILES string of the molecule is Cc1ccc(O)c(Cl)c1-c1nc2cnc(Nc3ccc(N4CCOCC4)cc3)nc2n(C)c1=O. The molecule has 10 heteroatoms. The molecule has 2 N–H and O–H groups in total. The molecule has 34 heavy (non-hydrogen) atoms. The van der Waals surface area contributed by atoms with Gasteiger partial charge in [-0.1, -0.05) is 17.7 Å². The van der Waals surface area contributed by atoms with E-state index in [1.165, 1.54) is 10.6 Å². The standard InChI is InChI=1S/C24H23ClN6O3/c1-14-3-8-18(32)20(25)19(14)21-23(33)30(2)22-17(28-21)13-26-24(29-22)27-15-4-6-16(7-5-15)31-9-11-34-12-10-31/h3-8,13,32H,9-12H2,1-2H3,(H,26,27,29). The Morgan fingerprint density at radius 2 is 1.82 bits per heavy atom. The third-order valence-corrected chi connectivity index (χ3v) is 6.26. The molecule has 1 fully saturated rings. The number of halogens is 1. The molecule has 0 unspecified atom stereocenters. The van der Waals surface area contributed by atoms with Crippen molar-refractivity contribution in [3.63, 3.8) is 0 Å². The van der Waals surface area contributed by atoms with Crippen LogP contribution in [0.1, 0.15) is 5.56 Å². The average molecular weight is 479 g/mol. The van der Waals surface area contributed by atoms with Crippen LogP contribution in [0.3, 0.4) is 0 Å². The van der Waals surface area contributed by atoms with Crippen molar-refractivity contribution in [2.45, 2.75) is 6.92 Å². The maximum Gasteiger partial charge on any atom is 0.278 e. The van der Waals surface area contributed by atoms with E-state index in [-0.39, 0.29) is 22.0 Å². The molecule has 5 rings (SSSR count). The Morgan fingerprint density at radius 3 is 2.56 bits per heavy atom. The van der Waals surface area contributed by atoms with Crippen molar-refractivity contribution in [3.8, 4) is 17.0 Å². The van der Waals surface area contributed by atoms with Gasteiger partial charge < -0.3 is 20.1 Å². The Hall–Kier alpha value is -3.69. The minimum atomic E-state index is -0.373. The lowest BCUT2D eigenvalue weighted by Gasteiger charge is -2.28. The molecule has 174 valence electrons. The Labute approximate surface area is 200 Å². The van der Waals surface area contributed by atoms with Crippen LogP contribution in [0.5, 0.6) is 5.75 Å². The van der Waals surface area contributed by atoms with E-state index in [1.807, 2.05) is 24.3 Å². The summed E-state index contributed by atoms with van der Waals surface area (Å²) in [6.07, 6.45) is 1.56. The Morgan fingerprint density at radius 1 is 1.09 bits per heavy atom. The first-order valence-electron chi connectivity index (χ1n) is 10.8. The van der Waals surface area contributed by atoms with Gasteiger partial charge in [-0.3, -0.25) is 9.36 Å². The summed E-state index contributed by atoms with van der Waals surface area (Å²) in [6, 6.07) is 11.2. The van der Waals surface area contributed by atoms with E-state index in [1.54, 1.807) is 26.2 Å². The van der Waals surface area contributed by atoms with Gasteiger partial charge in [0.25, 0.3) is 5.56 Å². The Balaban J connectivity index is 1.46. The molecule has 1 saturated heterocycles. The quantitative estimate of drug-likeness (QED) is 0.458. The van der Waals surface area contributed by atoms with E-state index in [9.17, 15) is 9.90 Å². The van der Waals surface area contributed by atoms with Crippen LogP contribution in [0.4, 0.5) is 17.3 Å². The Bertz CT molecular complexity index is 1430. The van der Waals surface area contributed by atoms with Crippen LogP contribution in [0.2, 0.25) is 5.02 Å². The number of hydrogen-bond acceptors (Lipinski definition) is 8. The number of aromatic nitrogens is 4. The fraction of sp³-hybridized carbons (Fsp3) is 0.250. The minimum absolute atomic E-state index is 0.0867. The smallest absolute Gasteiger partial charge is 0.278 e. The van der Waals surface area contributed by atoms with Gasteiger partial charge in [0.15, 0.2) is 5.65 Å². The van der Waals surface area contributed by atoms with E-state index in [0.717, 1.165) is 43.2 Å². The molecule has 3 heterocycles. The summed E-state index contributed by atoms with van der Waals surface area (Å²) in [5.41, 5.74) is 3.66. The number of phenols is 1. The number of anilines is 3. The minimum Gasteiger partial charge on any atom is -0.506 e. The summed E-state index contributed by atoms with van der Waals surface area (Å²) >= 11 is 6.30. The molecule has 1 aliphatic rings. The summed E-state index contributed by atoms with van der Waals surface area (Å²) in [4.78, 5) is 28.8. The zero-order chi connectivity index (χ0) is 23.8. The van der Waals surface area contributed by atoms with Gasteiger partial charge >= 0.3 is 0 Å². The van der Waals surface area contributed by atoms with Crippen LogP contribution in [0.15, 0.2) is 47.4 Å². The number of nitrogens with zero attached hydrogens (tertiary/aromatic N) is 5. The molecule has 9 nitrogen and oxygen atoms in total. The van der Waals surface area contributed by atoms with Crippen LogP contribution < -0.4 is 15.8 Å². The fourth-order valence-corrected chi connectivity index (χ4v) is 4.30. The second-order valence-corrected chi connectivity index (χ2v) is 8.47. The third-order valence-electron chi connectivity index (χ3n) is 5.87. The topological polar surface area (TPSA) is 105 Å². The van der Waals surface area contributed by atoms with Crippen molar-refractivity contribution in [2.75, 3.05) is 36.5 Å². The predicted octanol–water partition coefficient (Wildman–Crippen LogP) is 3.64. The molecule has 2 aromatic carbocycles. The van der Waals surface area contributed by atoms with Gasteiger partial charge in [0, 0.05) is 37.1 Å². The maximum atomic E-state index is 13.1. The number of hydrogen-bond donors (Lipinski definition) is 2. The van der Waals surface area contributed by atoms with Crippen molar-refractivity contribution in [1.29, 1.82) is 0 Å². The number of phenolic OH excluding ortho intramolecular Hbond substituents is 1. The zero-order valence-electron chi connectivity index (χ0n) is 18.7. The van der Waals surface area contributed by atoms with E-state index in [0.29, 0.717) is 22.7 Å². The molecule has 0 spiro atoms. The lowest BCUT2D eigenvalue weighted by molar-refractivity contribution is 0.122. The van der Waals surface area contributed by atoms with Crippen LogP contribution in [0.25, 0.3) is 22.4 Å². The molecule has 0 saturated carbocycles. The molecule has 0 radical (unpaired) electrons. The second-order valence-electron chi connectivity index (χ2n) is 8.09. The lowest BCUT2D eigenvalue weighted by Crippen LogP contribution is -2.36. The number of ether oxygens (including phenoxy) is 1. The van der Waals surface area contributed by atoms with Gasteiger partial charge in [0.2, 0.25) is 5.95 Å². The number of fused-ring (bicyclic) bond motifs is 1. The van der Waals surface area contributed by atoms with Gasteiger partial charge in [-0.15, -0.1) is 0 Å². The van der Waals surface area contributed by atoms with Crippen LogP contribution >= 0.6 is 11.6 Å². The molecule has 4 aromatic rings. The van der Waals surface area contributed by atoms with Gasteiger partial charge in [-0.25, -0.2) is 9.97 Å². The fourth-order valence-electron chi connectivity index (χ4n) is 4.00. The van der Waals surface area contributed by atoms with E-state index in [2.05, 4.69) is 25.2 Å². The summed E-state index contributed by atoms with van der Waals surface area (Å²) in [7, 11) is 1.62. The number of nitrogens with one attached hydrogen (secondary N) is 1. The van der Waals surface area contributed by atoms with Gasteiger partial charge in [-0.05, 0) is 42.8 Å². The monoisotopic (exact) mass is 478 g/mol. The summed E-state index contributed by atoms with van der Waals surface area (Å²) in [6.45, 7) is 5.01. The lowest BCUT2D eigenvalue weighted by atomic mass is 10.1. The molecule has 1 aliphatic heterocycles.